The Kier molecular flexibility index (Phi) is 6.27. The first-order chi connectivity index (χ1) is 12.2. The maximum Gasteiger partial charge on any atom is 0.245 e. The van der Waals surface area contributed by atoms with Crippen LogP contribution in [0.15, 0.2) is 21.6 Å². The van der Waals surface area contributed by atoms with E-state index in [1.54, 1.807) is 19.1 Å². The quantitative estimate of drug-likeness (QED) is 0.737. The van der Waals surface area contributed by atoms with E-state index in [0.717, 1.165) is 5.56 Å². The minimum absolute atomic E-state index is 0.00657. The highest BCUT2D eigenvalue weighted by Crippen LogP contribution is 2.31. The van der Waals surface area contributed by atoms with Crippen molar-refractivity contribution in [1.29, 1.82) is 0 Å². The third-order valence-electron chi connectivity index (χ3n) is 3.64. The maximum atomic E-state index is 12.3. The van der Waals surface area contributed by atoms with Crippen molar-refractivity contribution in [2.45, 2.75) is 32.1 Å². The number of methoxy groups -OCH3 is 1. The summed E-state index contributed by atoms with van der Waals surface area (Å²) in [6.07, 6.45) is -0.0621. The third kappa shape index (κ3) is 4.54. The molecular formula is C16H20ClN3O5S. The van der Waals surface area contributed by atoms with E-state index < -0.39 is 10.0 Å². The van der Waals surface area contributed by atoms with Crippen LogP contribution in [0.5, 0.6) is 5.75 Å². The predicted molar refractivity (Wildman–Crippen MR) is 97.2 cm³/mol. The summed E-state index contributed by atoms with van der Waals surface area (Å²) >= 11 is 6.03. The Balaban J connectivity index is 1.99. The van der Waals surface area contributed by atoms with E-state index in [2.05, 4.69) is 15.2 Å². The summed E-state index contributed by atoms with van der Waals surface area (Å²) in [5.41, 5.74) is 1.51. The molecule has 8 nitrogen and oxygen atoms in total. The van der Waals surface area contributed by atoms with Crippen LogP contribution in [0.25, 0.3) is 0 Å². The molecule has 1 aromatic carbocycles. The molecule has 10 heteroatoms. The number of halogens is 1. The van der Waals surface area contributed by atoms with Crippen LogP contribution >= 0.6 is 11.6 Å². The van der Waals surface area contributed by atoms with Crippen molar-refractivity contribution in [3.63, 3.8) is 0 Å². The molecule has 0 unspecified atom stereocenters. The first-order valence-electron chi connectivity index (χ1n) is 7.72. The number of amides is 1. The second-order valence-corrected chi connectivity index (χ2v) is 7.76. The molecule has 1 aromatic heterocycles. The summed E-state index contributed by atoms with van der Waals surface area (Å²) in [6, 6.07) is 3.29. The van der Waals surface area contributed by atoms with E-state index in [-0.39, 0.29) is 35.2 Å². The lowest BCUT2D eigenvalue weighted by Gasteiger charge is -2.12. The molecule has 2 rings (SSSR count). The molecule has 0 aliphatic heterocycles. The fourth-order valence-corrected chi connectivity index (χ4v) is 3.88. The molecule has 1 heterocycles. The summed E-state index contributed by atoms with van der Waals surface area (Å²) in [7, 11) is -2.33. The van der Waals surface area contributed by atoms with E-state index >= 15 is 0 Å². The van der Waals surface area contributed by atoms with Gasteiger partial charge in [-0.3, -0.25) is 4.79 Å². The lowest BCUT2D eigenvalue weighted by molar-refractivity contribution is -0.116. The fraction of sp³-hybridized carbons (Fsp3) is 0.375. The Morgan fingerprint density at radius 3 is 2.58 bits per heavy atom. The first kappa shape index (κ1) is 20.2. The van der Waals surface area contributed by atoms with Gasteiger partial charge in [0.2, 0.25) is 15.9 Å². The van der Waals surface area contributed by atoms with Crippen molar-refractivity contribution in [2.75, 3.05) is 19.0 Å². The van der Waals surface area contributed by atoms with Crippen molar-refractivity contribution in [2.24, 2.45) is 0 Å². The highest BCUT2D eigenvalue weighted by Gasteiger charge is 2.24. The minimum Gasteiger partial charge on any atom is -0.495 e. The number of sulfonamides is 1. The Labute approximate surface area is 156 Å². The first-order valence-corrected chi connectivity index (χ1v) is 9.58. The number of nitrogens with zero attached hydrogens (tertiary/aromatic N) is 1. The van der Waals surface area contributed by atoms with Crippen LogP contribution < -0.4 is 14.8 Å². The molecule has 0 aliphatic carbocycles. The summed E-state index contributed by atoms with van der Waals surface area (Å²) < 4.78 is 37.0. The van der Waals surface area contributed by atoms with Crippen molar-refractivity contribution >= 4 is 33.2 Å². The number of aromatic nitrogens is 1. The molecule has 0 aliphatic rings. The maximum absolute atomic E-state index is 12.3. The Bertz CT molecular complexity index is 905. The van der Waals surface area contributed by atoms with E-state index in [4.69, 9.17) is 20.9 Å². The van der Waals surface area contributed by atoms with Gasteiger partial charge in [0.05, 0.1) is 12.8 Å². The molecule has 0 radical (unpaired) electrons. The summed E-state index contributed by atoms with van der Waals surface area (Å²) in [6.45, 7) is 4.77. The summed E-state index contributed by atoms with van der Waals surface area (Å²) in [4.78, 5) is 12.1. The summed E-state index contributed by atoms with van der Waals surface area (Å²) in [5, 5.41) is 6.82. The average Bonchev–Trinajstić information content (AvgIpc) is 2.90. The molecule has 0 bridgehead atoms. The molecule has 142 valence electrons. The van der Waals surface area contributed by atoms with Crippen molar-refractivity contribution in [3.8, 4) is 5.75 Å². The van der Waals surface area contributed by atoms with Gasteiger partial charge in [-0.05, 0) is 32.4 Å². The van der Waals surface area contributed by atoms with Gasteiger partial charge >= 0.3 is 0 Å². The van der Waals surface area contributed by atoms with Gasteiger partial charge in [0.1, 0.15) is 16.3 Å². The molecule has 0 atom stereocenters. The Morgan fingerprint density at radius 1 is 1.31 bits per heavy atom. The monoisotopic (exact) mass is 401 g/mol. The lowest BCUT2D eigenvalue weighted by Crippen LogP contribution is -2.28. The van der Waals surface area contributed by atoms with Crippen LogP contribution in [0.1, 0.15) is 23.4 Å². The van der Waals surface area contributed by atoms with Crippen LogP contribution in [-0.4, -0.2) is 33.1 Å². The van der Waals surface area contributed by atoms with Crippen molar-refractivity contribution in [1.82, 2.24) is 9.88 Å². The van der Waals surface area contributed by atoms with E-state index in [9.17, 15) is 13.2 Å². The second-order valence-electron chi connectivity index (χ2n) is 5.65. The molecular weight excluding hydrogens is 382 g/mol. The van der Waals surface area contributed by atoms with Crippen LogP contribution in [0.4, 0.5) is 5.69 Å². The van der Waals surface area contributed by atoms with Gasteiger partial charge in [-0.15, -0.1) is 0 Å². The highest BCUT2D eigenvalue weighted by atomic mass is 35.5. The summed E-state index contributed by atoms with van der Waals surface area (Å²) in [5.74, 6) is 0.248. The Morgan fingerprint density at radius 2 is 2.00 bits per heavy atom. The Hall–Kier alpha value is -2.10. The number of nitrogens with one attached hydrogen (secondary N) is 2. The van der Waals surface area contributed by atoms with E-state index in [1.807, 2.05) is 0 Å². The molecule has 1 amide bonds. The molecule has 2 N–H and O–H groups in total. The molecule has 0 spiro atoms. The zero-order valence-corrected chi connectivity index (χ0v) is 16.4. The number of ether oxygens (including phenoxy) is 1. The highest BCUT2D eigenvalue weighted by molar-refractivity contribution is 7.89. The third-order valence-corrected chi connectivity index (χ3v) is 5.75. The number of anilines is 1. The van der Waals surface area contributed by atoms with Crippen LogP contribution in [0.3, 0.4) is 0 Å². The molecule has 2 aromatic rings. The van der Waals surface area contributed by atoms with Gasteiger partial charge < -0.3 is 14.6 Å². The second kappa shape index (κ2) is 8.07. The zero-order chi connectivity index (χ0) is 19.5. The number of hydrogen-bond acceptors (Lipinski definition) is 6. The minimum atomic E-state index is -3.80. The zero-order valence-electron chi connectivity index (χ0n) is 14.8. The number of rotatable bonds is 7. The van der Waals surface area contributed by atoms with Crippen LogP contribution in [0.2, 0.25) is 5.02 Å². The van der Waals surface area contributed by atoms with Gasteiger partial charge in [0.15, 0.2) is 5.76 Å². The van der Waals surface area contributed by atoms with Gasteiger partial charge in [-0.25, -0.2) is 13.1 Å². The van der Waals surface area contributed by atoms with E-state index in [0.29, 0.717) is 16.5 Å². The largest absolute Gasteiger partial charge is 0.495 e. The molecule has 0 saturated heterocycles. The van der Waals surface area contributed by atoms with Gasteiger partial charge in [-0.2, -0.15) is 0 Å². The predicted octanol–water partition coefficient (Wildman–Crippen LogP) is 2.57. The van der Waals surface area contributed by atoms with Gasteiger partial charge in [0.25, 0.3) is 0 Å². The van der Waals surface area contributed by atoms with Crippen molar-refractivity contribution in [3.05, 3.63) is 34.2 Å². The fourth-order valence-electron chi connectivity index (χ4n) is 2.37. The molecule has 0 saturated carbocycles. The molecule has 0 fully saturated rings. The van der Waals surface area contributed by atoms with Gasteiger partial charge in [-0.1, -0.05) is 16.8 Å². The standard InChI is InChI=1S/C16H20ClN3O5S/c1-9-7-13(14(24-4)8-12(9)17)19-15(21)5-6-18-26(22,23)16-10(2)20-25-11(16)3/h7-8,18H,5-6H2,1-4H3,(H,19,21). The topological polar surface area (TPSA) is 111 Å². The number of benzene rings is 1. The van der Waals surface area contributed by atoms with Crippen LogP contribution in [-0.2, 0) is 14.8 Å². The van der Waals surface area contributed by atoms with Crippen molar-refractivity contribution < 1.29 is 22.5 Å². The van der Waals surface area contributed by atoms with Gasteiger partial charge in [0, 0.05) is 24.1 Å². The number of aryl methyl sites for hydroxylation is 3. The number of carbonyl (C=O) groups is 1. The lowest BCUT2D eigenvalue weighted by atomic mass is 10.2. The van der Waals surface area contributed by atoms with Crippen LogP contribution in [0, 0.1) is 20.8 Å². The number of hydrogen-bond donors (Lipinski definition) is 2. The number of carbonyl (C=O) groups excluding carboxylic acids is 1. The smallest absolute Gasteiger partial charge is 0.245 e. The molecule has 26 heavy (non-hydrogen) atoms. The average molecular weight is 402 g/mol. The van der Waals surface area contributed by atoms with E-state index in [1.165, 1.54) is 21.0 Å². The normalized spacial score (nSPS) is 11.4. The SMILES string of the molecule is COc1cc(Cl)c(C)cc1NC(=O)CCNS(=O)(=O)c1c(C)noc1C.